The van der Waals surface area contributed by atoms with Crippen LogP contribution in [0.2, 0.25) is 0 Å². The first kappa shape index (κ1) is 12.5. The highest BCUT2D eigenvalue weighted by Crippen LogP contribution is 2.42. The van der Waals surface area contributed by atoms with Gasteiger partial charge in [-0.15, -0.1) is 0 Å². The SMILES string of the molecule is CC(C)c1c(C2(C)CCCCC2)nn(C)c1N. The standard InChI is InChI=1S/C14H25N3/c1-10(2)11-12(16-17(4)13(11)15)14(3)8-6-5-7-9-14/h10H,5-9,15H2,1-4H3. The second-order valence-corrected chi connectivity index (χ2v) is 6.05. The van der Waals surface area contributed by atoms with Crippen molar-refractivity contribution in [3.63, 3.8) is 0 Å². The quantitative estimate of drug-likeness (QED) is 0.854. The van der Waals surface area contributed by atoms with Crippen LogP contribution in [0.25, 0.3) is 0 Å². The predicted molar refractivity (Wildman–Crippen MR) is 72.1 cm³/mol. The van der Waals surface area contributed by atoms with E-state index in [9.17, 15) is 0 Å². The molecular formula is C14H25N3. The van der Waals surface area contributed by atoms with E-state index in [-0.39, 0.29) is 5.41 Å². The molecule has 1 fully saturated rings. The first-order chi connectivity index (χ1) is 7.96. The molecule has 96 valence electrons. The Morgan fingerprint density at radius 2 is 1.82 bits per heavy atom. The molecule has 3 nitrogen and oxygen atoms in total. The molecule has 0 radical (unpaired) electrons. The molecule has 0 atom stereocenters. The Kier molecular flexibility index (Phi) is 3.19. The van der Waals surface area contributed by atoms with Crippen molar-refractivity contribution in [2.45, 2.75) is 64.2 Å². The van der Waals surface area contributed by atoms with E-state index in [1.54, 1.807) is 0 Å². The first-order valence-electron chi connectivity index (χ1n) is 6.78. The lowest BCUT2D eigenvalue weighted by Gasteiger charge is -2.33. The molecule has 1 saturated carbocycles. The number of rotatable bonds is 2. The summed E-state index contributed by atoms with van der Waals surface area (Å²) in [6, 6.07) is 0. The fraction of sp³-hybridized carbons (Fsp3) is 0.786. The molecule has 0 bridgehead atoms. The smallest absolute Gasteiger partial charge is 0.125 e. The van der Waals surface area contributed by atoms with Crippen LogP contribution >= 0.6 is 0 Å². The molecular weight excluding hydrogens is 210 g/mol. The summed E-state index contributed by atoms with van der Waals surface area (Å²) >= 11 is 0. The summed E-state index contributed by atoms with van der Waals surface area (Å²) in [5.41, 5.74) is 8.95. The van der Waals surface area contributed by atoms with E-state index in [0.717, 1.165) is 5.82 Å². The van der Waals surface area contributed by atoms with Crippen LogP contribution in [-0.2, 0) is 12.5 Å². The number of nitrogens with zero attached hydrogens (tertiary/aromatic N) is 2. The third kappa shape index (κ3) is 2.07. The van der Waals surface area contributed by atoms with Crippen LogP contribution in [-0.4, -0.2) is 9.78 Å². The number of aryl methyl sites for hydroxylation is 1. The van der Waals surface area contributed by atoms with Crippen LogP contribution in [0, 0.1) is 0 Å². The molecule has 0 aromatic carbocycles. The number of hydrogen-bond acceptors (Lipinski definition) is 2. The van der Waals surface area contributed by atoms with Crippen LogP contribution in [0.3, 0.4) is 0 Å². The monoisotopic (exact) mass is 235 g/mol. The number of nitrogen functional groups attached to an aromatic ring is 1. The van der Waals surface area contributed by atoms with E-state index >= 15 is 0 Å². The molecule has 0 spiro atoms. The summed E-state index contributed by atoms with van der Waals surface area (Å²) in [6.07, 6.45) is 6.52. The Bertz CT molecular complexity index is 398. The Morgan fingerprint density at radius 3 is 2.35 bits per heavy atom. The molecule has 1 aliphatic rings. The fourth-order valence-electron chi connectivity index (χ4n) is 3.14. The van der Waals surface area contributed by atoms with E-state index in [1.165, 1.54) is 43.4 Å². The summed E-state index contributed by atoms with van der Waals surface area (Å²) in [4.78, 5) is 0. The lowest BCUT2D eigenvalue weighted by Crippen LogP contribution is -2.27. The van der Waals surface area contributed by atoms with Gasteiger partial charge in [0.25, 0.3) is 0 Å². The average Bonchev–Trinajstić information content (AvgIpc) is 2.57. The van der Waals surface area contributed by atoms with Crippen LogP contribution in [0.4, 0.5) is 5.82 Å². The average molecular weight is 235 g/mol. The Morgan fingerprint density at radius 1 is 1.24 bits per heavy atom. The lowest BCUT2D eigenvalue weighted by atomic mass is 9.71. The molecule has 0 unspecified atom stereocenters. The first-order valence-corrected chi connectivity index (χ1v) is 6.78. The predicted octanol–water partition coefficient (Wildman–Crippen LogP) is 3.35. The van der Waals surface area contributed by atoms with Gasteiger partial charge >= 0.3 is 0 Å². The van der Waals surface area contributed by atoms with Crippen molar-refractivity contribution < 1.29 is 0 Å². The Labute approximate surface area is 104 Å². The van der Waals surface area contributed by atoms with Gasteiger partial charge in [-0.25, -0.2) is 0 Å². The molecule has 0 saturated heterocycles. The second-order valence-electron chi connectivity index (χ2n) is 6.05. The van der Waals surface area contributed by atoms with Crippen molar-refractivity contribution in [1.82, 2.24) is 9.78 Å². The largest absolute Gasteiger partial charge is 0.384 e. The molecule has 1 aromatic rings. The molecule has 2 rings (SSSR count). The van der Waals surface area contributed by atoms with E-state index in [0.29, 0.717) is 5.92 Å². The zero-order chi connectivity index (χ0) is 12.6. The molecule has 1 heterocycles. The van der Waals surface area contributed by atoms with Crippen LogP contribution in [0.1, 0.15) is 70.1 Å². The summed E-state index contributed by atoms with van der Waals surface area (Å²) < 4.78 is 1.85. The number of anilines is 1. The van der Waals surface area contributed by atoms with Crippen molar-refractivity contribution >= 4 is 5.82 Å². The van der Waals surface area contributed by atoms with Crippen LogP contribution < -0.4 is 5.73 Å². The van der Waals surface area contributed by atoms with Crippen molar-refractivity contribution in [2.75, 3.05) is 5.73 Å². The van der Waals surface area contributed by atoms with Gasteiger partial charge in [-0.3, -0.25) is 4.68 Å². The molecule has 17 heavy (non-hydrogen) atoms. The van der Waals surface area contributed by atoms with Gasteiger partial charge in [0.05, 0.1) is 5.69 Å². The highest BCUT2D eigenvalue weighted by molar-refractivity contribution is 5.48. The number of hydrogen-bond donors (Lipinski definition) is 1. The number of nitrogens with two attached hydrogens (primary N) is 1. The van der Waals surface area contributed by atoms with E-state index in [2.05, 4.69) is 20.8 Å². The Balaban J connectivity index is 2.47. The Hall–Kier alpha value is -0.990. The highest BCUT2D eigenvalue weighted by Gasteiger charge is 2.35. The van der Waals surface area contributed by atoms with E-state index in [4.69, 9.17) is 10.8 Å². The van der Waals surface area contributed by atoms with Crippen molar-refractivity contribution in [2.24, 2.45) is 7.05 Å². The van der Waals surface area contributed by atoms with Crippen LogP contribution in [0.15, 0.2) is 0 Å². The summed E-state index contributed by atoms with van der Waals surface area (Å²) in [6.45, 7) is 6.78. The van der Waals surface area contributed by atoms with Crippen molar-refractivity contribution in [1.29, 1.82) is 0 Å². The summed E-state index contributed by atoms with van der Waals surface area (Å²) in [5, 5.41) is 4.72. The zero-order valence-electron chi connectivity index (χ0n) is 11.6. The minimum atomic E-state index is 0.243. The van der Waals surface area contributed by atoms with Gasteiger partial charge in [-0.05, 0) is 18.8 Å². The maximum atomic E-state index is 6.17. The van der Waals surface area contributed by atoms with Gasteiger partial charge in [0, 0.05) is 18.0 Å². The third-order valence-corrected chi connectivity index (χ3v) is 4.24. The maximum Gasteiger partial charge on any atom is 0.125 e. The van der Waals surface area contributed by atoms with E-state index in [1.807, 2.05) is 11.7 Å². The molecule has 0 aliphatic heterocycles. The highest BCUT2D eigenvalue weighted by atomic mass is 15.3. The van der Waals surface area contributed by atoms with Gasteiger partial charge in [0.2, 0.25) is 0 Å². The van der Waals surface area contributed by atoms with Gasteiger partial charge in [-0.2, -0.15) is 5.10 Å². The molecule has 0 amide bonds. The third-order valence-electron chi connectivity index (χ3n) is 4.24. The molecule has 3 heteroatoms. The lowest BCUT2D eigenvalue weighted by molar-refractivity contribution is 0.308. The zero-order valence-corrected chi connectivity index (χ0v) is 11.6. The molecule has 1 aromatic heterocycles. The van der Waals surface area contributed by atoms with Gasteiger partial charge in [0.1, 0.15) is 5.82 Å². The summed E-state index contributed by atoms with van der Waals surface area (Å²) in [5.74, 6) is 1.30. The minimum Gasteiger partial charge on any atom is -0.384 e. The topological polar surface area (TPSA) is 43.8 Å². The second kappa shape index (κ2) is 4.35. The molecule has 2 N–H and O–H groups in total. The number of aromatic nitrogens is 2. The molecule has 1 aliphatic carbocycles. The van der Waals surface area contributed by atoms with Crippen molar-refractivity contribution in [3.8, 4) is 0 Å². The minimum absolute atomic E-state index is 0.243. The van der Waals surface area contributed by atoms with Gasteiger partial charge in [0.15, 0.2) is 0 Å². The van der Waals surface area contributed by atoms with Gasteiger partial charge < -0.3 is 5.73 Å². The summed E-state index contributed by atoms with van der Waals surface area (Å²) in [7, 11) is 1.96. The van der Waals surface area contributed by atoms with E-state index < -0.39 is 0 Å². The normalized spacial score (nSPS) is 19.8. The van der Waals surface area contributed by atoms with Gasteiger partial charge in [-0.1, -0.05) is 40.0 Å². The maximum absolute atomic E-state index is 6.17. The fourth-order valence-corrected chi connectivity index (χ4v) is 3.14. The van der Waals surface area contributed by atoms with Crippen molar-refractivity contribution in [3.05, 3.63) is 11.3 Å². The van der Waals surface area contributed by atoms with Crippen LogP contribution in [0.5, 0.6) is 0 Å².